The summed E-state index contributed by atoms with van der Waals surface area (Å²) in [7, 11) is -3.77. The largest absolute Gasteiger partial charge is 0.368 e. The van der Waals surface area contributed by atoms with Crippen LogP contribution in [0.1, 0.15) is 15.9 Å². The molecule has 4 N–H and O–H groups in total. The number of hydrogen-bond donors (Lipinski definition) is 3. The predicted octanol–water partition coefficient (Wildman–Crippen LogP) is 0.380. The zero-order valence-electron chi connectivity index (χ0n) is 12.7. The van der Waals surface area contributed by atoms with Gasteiger partial charge in [-0.15, -0.1) is 0 Å². The molecule has 2 amide bonds. The average Bonchev–Trinajstić information content (AvgIpc) is 2.59. The summed E-state index contributed by atoms with van der Waals surface area (Å²) in [6.45, 7) is -0.177. The number of carbonyl (C=O) groups excluding carboxylic acids is 2. The van der Waals surface area contributed by atoms with Crippen molar-refractivity contribution in [2.75, 3.05) is 6.54 Å². The molecule has 0 saturated carbocycles. The molecule has 24 heavy (non-hydrogen) atoms. The highest BCUT2D eigenvalue weighted by Gasteiger charge is 2.16. The van der Waals surface area contributed by atoms with Gasteiger partial charge in [0.1, 0.15) is 0 Å². The normalized spacial score (nSPS) is 11.0. The van der Waals surface area contributed by atoms with Crippen LogP contribution >= 0.6 is 0 Å². The molecular weight excluding hydrogens is 330 g/mol. The minimum atomic E-state index is -3.77. The lowest BCUT2D eigenvalue weighted by Gasteiger charge is -2.09. The second-order valence-corrected chi connectivity index (χ2v) is 6.75. The number of amides is 2. The molecule has 0 aromatic heterocycles. The fourth-order valence-corrected chi connectivity index (χ4v) is 2.99. The zero-order chi connectivity index (χ0) is 17.6. The molecule has 2 rings (SSSR count). The van der Waals surface area contributed by atoms with Gasteiger partial charge in [0.2, 0.25) is 15.9 Å². The number of sulfonamides is 1. The van der Waals surface area contributed by atoms with Crippen LogP contribution in [-0.2, 0) is 21.4 Å². The van der Waals surface area contributed by atoms with Gasteiger partial charge >= 0.3 is 0 Å². The molecule has 0 unspecified atom stereocenters. The van der Waals surface area contributed by atoms with Crippen molar-refractivity contribution in [1.82, 2.24) is 10.0 Å². The molecule has 0 fully saturated rings. The molecule has 0 bridgehead atoms. The van der Waals surface area contributed by atoms with Crippen molar-refractivity contribution >= 4 is 21.8 Å². The van der Waals surface area contributed by atoms with Crippen molar-refractivity contribution in [3.8, 4) is 0 Å². The van der Waals surface area contributed by atoms with E-state index in [0.29, 0.717) is 0 Å². The molecule has 0 aliphatic heterocycles. The fourth-order valence-electron chi connectivity index (χ4n) is 1.93. The smallest absolute Gasteiger partial charge is 0.251 e. The average molecular weight is 347 g/mol. The lowest BCUT2D eigenvalue weighted by atomic mass is 10.2. The Morgan fingerprint density at radius 3 is 2.38 bits per heavy atom. The summed E-state index contributed by atoms with van der Waals surface area (Å²) in [6, 6.07) is 14.6. The highest BCUT2D eigenvalue weighted by molar-refractivity contribution is 7.89. The summed E-state index contributed by atoms with van der Waals surface area (Å²) >= 11 is 0. The Labute approximate surface area is 139 Å². The Bertz CT molecular complexity index is 835. The van der Waals surface area contributed by atoms with E-state index in [1.54, 1.807) is 12.1 Å². The van der Waals surface area contributed by atoms with E-state index in [-0.39, 0.29) is 23.5 Å². The van der Waals surface area contributed by atoms with Crippen LogP contribution in [0.3, 0.4) is 0 Å². The predicted molar refractivity (Wildman–Crippen MR) is 88.4 cm³/mol. The first kappa shape index (κ1) is 17.6. The standard InChI is InChI=1S/C16H17N3O4S/c17-15(20)11-18-16(21)13-7-4-8-14(9-13)24(22,23)19-10-12-5-2-1-3-6-12/h1-9,19H,10-11H2,(H2,17,20)(H,18,21). The van der Waals surface area contributed by atoms with Crippen molar-refractivity contribution < 1.29 is 18.0 Å². The summed E-state index contributed by atoms with van der Waals surface area (Å²) in [5.74, 6) is -1.26. The molecule has 8 heteroatoms. The number of carbonyl (C=O) groups is 2. The van der Waals surface area contributed by atoms with Crippen molar-refractivity contribution in [3.05, 3.63) is 65.7 Å². The third kappa shape index (κ3) is 4.90. The van der Waals surface area contributed by atoms with Crippen molar-refractivity contribution in [1.29, 1.82) is 0 Å². The van der Waals surface area contributed by atoms with E-state index < -0.39 is 21.8 Å². The van der Waals surface area contributed by atoms with Crippen LogP contribution < -0.4 is 15.8 Å². The highest BCUT2D eigenvalue weighted by Crippen LogP contribution is 2.12. The molecule has 0 radical (unpaired) electrons. The SMILES string of the molecule is NC(=O)CNC(=O)c1cccc(S(=O)(=O)NCc2ccccc2)c1. The molecule has 0 aliphatic rings. The van der Waals surface area contributed by atoms with Crippen molar-refractivity contribution in [2.24, 2.45) is 5.73 Å². The first-order valence-electron chi connectivity index (χ1n) is 7.08. The van der Waals surface area contributed by atoms with Crippen LogP contribution in [0.2, 0.25) is 0 Å². The van der Waals surface area contributed by atoms with Gasteiger partial charge in [-0.3, -0.25) is 9.59 Å². The van der Waals surface area contributed by atoms with Gasteiger partial charge in [-0.05, 0) is 23.8 Å². The van der Waals surface area contributed by atoms with Gasteiger partial charge in [-0.1, -0.05) is 36.4 Å². The van der Waals surface area contributed by atoms with Crippen LogP contribution in [0.25, 0.3) is 0 Å². The van der Waals surface area contributed by atoms with E-state index in [2.05, 4.69) is 10.0 Å². The summed E-state index contributed by atoms with van der Waals surface area (Å²) in [5, 5.41) is 2.31. The molecule has 2 aromatic rings. The van der Waals surface area contributed by atoms with Crippen LogP contribution in [0, 0.1) is 0 Å². The summed E-state index contributed by atoms with van der Waals surface area (Å²) in [5.41, 5.74) is 5.89. The molecule has 2 aromatic carbocycles. The van der Waals surface area contributed by atoms with E-state index in [1.165, 1.54) is 24.3 Å². The number of nitrogens with two attached hydrogens (primary N) is 1. The first-order valence-corrected chi connectivity index (χ1v) is 8.57. The van der Waals surface area contributed by atoms with E-state index in [4.69, 9.17) is 5.73 Å². The van der Waals surface area contributed by atoms with E-state index in [9.17, 15) is 18.0 Å². The molecule has 0 saturated heterocycles. The Hall–Kier alpha value is -2.71. The Balaban J connectivity index is 2.11. The molecule has 7 nitrogen and oxygen atoms in total. The third-order valence-electron chi connectivity index (χ3n) is 3.14. The summed E-state index contributed by atoms with van der Waals surface area (Å²) in [4.78, 5) is 22.5. The molecular formula is C16H17N3O4S. The number of nitrogens with one attached hydrogen (secondary N) is 2. The van der Waals surface area contributed by atoms with Gasteiger partial charge in [-0.25, -0.2) is 13.1 Å². The maximum Gasteiger partial charge on any atom is 0.251 e. The molecule has 0 heterocycles. The molecule has 126 valence electrons. The van der Waals surface area contributed by atoms with Crippen molar-refractivity contribution in [3.63, 3.8) is 0 Å². The van der Waals surface area contributed by atoms with Crippen molar-refractivity contribution in [2.45, 2.75) is 11.4 Å². The van der Waals surface area contributed by atoms with Gasteiger partial charge in [0.25, 0.3) is 5.91 Å². The Morgan fingerprint density at radius 2 is 1.71 bits per heavy atom. The third-order valence-corrected chi connectivity index (χ3v) is 4.54. The zero-order valence-corrected chi connectivity index (χ0v) is 13.5. The fraction of sp³-hybridized carbons (Fsp3) is 0.125. The topological polar surface area (TPSA) is 118 Å². The summed E-state index contributed by atoms with van der Waals surface area (Å²) < 4.78 is 27.1. The number of benzene rings is 2. The van der Waals surface area contributed by atoms with E-state index in [1.807, 2.05) is 18.2 Å². The number of hydrogen-bond acceptors (Lipinski definition) is 4. The van der Waals surface area contributed by atoms with E-state index in [0.717, 1.165) is 5.56 Å². The van der Waals surface area contributed by atoms with Crippen LogP contribution in [-0.4, -0.2) is 26.8 Å². The quantitative estimate of drug-likeness (QED) is 0.671. The highest BCUT2D eigenvalue weighted by atomic mass is 32.2. The second kappa shape index (κ2) is 7.71. The van der Waals surface area contributed by atoms with Gasteiger partial charge in [0, 0.05) is 12.1 Å². The lowest BCUT2D eigenvalue weighted by molar-refractivity contribution is -0.117. The van der Waals surface area contributed by atoms with Gasteiger partial charge in [0.05, 0.1) is 11.4 Å². The maximum absolute atomic E-state index is 12.3. The lowest BCUT2D eigenvalue weighted by Crippen LogP contribution is -2.33. The van der Waals surface area contributed by atoms with Gasteiger partial charge in [0.15, 0.2) is 0 Å². The van der Waals surface area contributed by atoms with E-state index >= 15 is 0 Å². The second-order valence-electron chi connectivity index (χ2n) is 4.99. The maximum atomic E-state index is 12.3. The Morgan fingerprint density at radius 1 is 1.00 bits per heavy atom. The minimum Gasteiger partial charge on any atom is -0.368 e. The molecule has 0 atom stereocenters. The minimum absolute atomic E-state index is 0.0369. The summed E-state index contributed by atoms with van der Waals surface area (Å²) in [6.07, 6.45) is 0. The van der Waals surface area contributed by atoms with Crippen LogP contribution in [0.4, 0.5) is 0 Å². The van der Waals surface area contributed by atoms with Gasteiger partial charge in [-0.2, -0.15) is 0 Å². The molecule has 0 spiro atoms. The molecule has 0 aliphatic carbocycles. The monoisotopic (exact) mass is 347 g/mol. The van der Waals surface area contributed by atoms with Crippen LogP contribution in [0.15, 0.2) is 59.5 Å². The van der Waals surface area contributed by atoms with Crippen LogP contribution in [0.5, 0.6) is 0 Å². The first-order chi connectivity index (χ1) is 11.4. The Kier molecular flexibility index (Phi) is 5.67. The van der Waals surface area contributed by atoms with Gasteiger partial charge < -0.3 is 11.1 Å². The number of primary amides is 1. The number of rotatable bonds is 7.